The molecule has 0 bridgehead atoms. The molecule has 35 heavy (non-hydrogen) atoms. The molecule has 0 amide bonds. The van der Waals surface area contributed by atoms with Crippen molar-refractivity contribution in [3.8, 4) is 0 Å². The first kappa shape index (κ1) is 27.4. The molecule has 0 fully saturated rings. The van der Waals surface area contributed by atoms with E-state index in [2.05, 4.69) is 141 Å². The minimum Gasteiger partial charge on any atom is -0.294 e. The predicted octanol–water partition coefficient (Wildman–Crippen LogP) is 6.00. The van der Waals surface area contributed by atoms with E-state index in [4.69, 9.17) is 0 Å². The molecule has 0 saturated carbocycles. The van der Waals surface area contributed by atoms with Crippen LogP contribution < -0.4 is 20.7 Å². The van der Waals surface area contributed by atoms with Gasteiger partial charge >= 0.3 is 17.1 Å². The maximum atomic E-state index is 2.62. The number of hydrogen-bond donors (Lipinski definition) is 0. The van der Waals surface area contributed by atoms with Gasteiger partial charge in [0.1, 0.15) is 0 Å². The second kappa shape index (κ2) is 12.7. The molecule has 0 spiro atoms. The monoisotopic (exact) mass is 540 g/mol. The quantitative estimate of drug-likeness (QED) is 0.131. The molecular weight excluding hydrogens is 504 g/mol. The zero-order chi connectivity index (χ0) is 23.9. The van der Waals surface area contributed by atoms with Crippen molar-refractivity contribution in [2.45, 2.75) is 45.7 Å². The Labute approximate surface area is 225 Å². The maximum absolute atomic E-state index is 2.62. The summed E-state index contributed by atoms with van der Waals surface area (Å²) in [7, 11) is -4.41. The van der Waals surface area contributed by atoms with Crippen LogP contribution in [0.5, 0.6) is 0 Å². The first-order chi connectivity index (χ1) is 16.6. The van der Waals surface area contributed by atoms with Crippen molar-refractivity contribution in [3.05, 3.63) is 126 Å². The Balaban J connectivity index is 0.00000342. The fourth-order valence-corrected chi connectivity index (χ4v) is 18.3. The first-order valence-electron chi connectivity index (χ1n) is 12.7. The van der Waals surface area contributed by atoms with Gasteiger partial charge in [0.25, 0.3) is 0 Å². The Morgan fingerprint density at radius 1 is 0.486 bits per heavy atom. The topological polar surface area (TPSA) is 0 Å². The van der Waals surface area contributed by atoms with E-state index in [-0.39, 0.29) is 17.1 Å². The summed E-state index contributed by atoms with van der Waals surface area (Å²) >= 11 is 0. The van der Waals surface area contributed by atoms with Crippen molar-refractivity contribution in [1.29, 1.82) is 0 Å². The summed E-state index contributed by atoms with van der Waals surface area (Å²) in [6.07, 6.45) is 4.99. The zero-order valence-electron chi connectivity index (χ0n) is 21.2. The van der Waals surface area contributed by atoms with E-state index in [1.54, 1.807) is 0 Å². The van der Waals surface area contributed by atoms with Gasteiger partial charge in [-0.1, -0.05) is 181 Å². The van der Waals surface area contributed by atoms with Crippen molar-refractivity contribution < 1.29 is 17.1 Å². The normalized spacial score (nSPS) is 11.8. The van der Waals surface area contributed by atoms with E-state index in [0.29, 0.717) is 0 Å². The molecule has 0 heterocycles. The third-order valence-electron chi connectivity index (χ3n) is 7.64. The number of hydrogen-bond acceptors (Lipinski definition) is 0. The second-order valence-electron chi connectivity index (χ2n) is 9.65. The molecule has 3 heteroatoms. The third kappa shape index (κ3) is 5.65. The summed E-state index contributed by atoms with van der Waals surface area (Å²) in [5.74, 6) is 0. The van der Waals surface area contributed by atoms with Gasteiger partial charge in [0, 0.05) is 0 Å². The molecule has 0 atom stereocenters. The van der Waals surface area contributed by atoms with Crippen molar-refractivity contribution >= 4 is 36.9 Å². The molecule has 0 aliphatic heterocycles. The SMILES string of the molecule is CCCCC[C-]([Si](C)(c1ccccc1)c1ccccc1)[Si](C)(c1ccccc1)c1ccccc1.[Cu+]. The van der Waals surface area contributed by atoms with Gasteiger partial charge in [-0.3, -0.25) is 5.16 Å². The third-order valence-corrected chi connectivity index (χ3v) is 19.5. The van der Waals surface area contributed by atoms with Crippen LogP contribution >= 0.6 is 0 Å². The molecule has 0 saturated heterocycles. The Kier molecular flexibility index (Phi) is 9.94. The minimum atomic E-state index is -2.20. The van der Waals surface area contributed by atoms with Crippen molar-refractivity contribution in [2.24, 2.45) is 0 Å². The maximum Gasteiger partial charge on any atom is 1.00 e. The van der Waals surface area contributed by atoms with E-state index < -0.39 is 16.1 Å². The van der Waals surface area contributed by atoms with E-state index in [1.807, 2.05) is 5.16 Å². The smallest absolute Gasteiger partial charge is 0.294 e. The molecule has 0 N–H and O–H groups in total. The van der Waals surface area contributed by atoms with Gasteiger partial charge < -0.3 is 0 Å². The Bertz CT molecular complexity index is 963. The van der Waals surface area contributed by atoms with Gasteiger partial charge in [-0.2, -0.15) is 6.42 Å². The number of benzene rings is 4. The van der Waals surface area contributed by atoms with E-state index in [0.717, 1.165) is 0 Å². The van der Waals surface area contributed by atoms with Gasteiger partial charge in [0.2, 0.25) is 0 Å². The summed E-state index contributed by atoms with van der Waals surface area (Å²) < 4.78 is 0. The molecule has 0 aliphatic rings. The van der Waals surface area contributed by atoms with Crippen LogP contribution in [0.15, 0.2) is 121 Å². The standard InChI is InChI=1S/C32H37Si2.Cu/c1-4-5-10-27-32(33(2,28-19-11-6-12-20-28)29-21-13-7-14-22-29)34(3,30-23-15-8-16-24-30)31-25-17-9-18-26-31;/h6-9,11-26H,4-5,10,27H2,1-3H3;/q-1;+1. The minimum absolute atomic E-state index is 0. The van der Waals surface area contributed by atoms with Crippen LogP contribution in [0.2, 0.25) is 13.1 Å². The van der Waals surface area contributed by atoms with Crippen LogP contribution in [0.4, 0.5) is 0 Å². The molecule has 0 aromatic heterocycles. The van der Waals surface area contributed by atoms with Crippen LogP contribution in [0.3, 0.4) is 0 Å². The van der Waals surface area contributed by atoms with Gasteiger partial charge in [-0.15, -0.1) is 0 Å². The van der Waals surface area contributed by atoms with Crippen LogP contribution in [0, 0.1) is 5.16 Å². The summed E-state index contributed by atoms with van der Waals surface area (Å²) in [6.45, 7) is 7.56. The van der Waals surface area contributed by atoms with Gasteiger partial charge in [0.15, 0.2) is 0 Å². The van der Waals surface area contributed by atoms with E-state index in [9.17, 15) is 0 Å². The van der Waals surface area contributed by atoms with Crippen molar-refractivity contribution in [1.82, 2.24) is 0 Å². The van der Waals surface area contributed by atoms with Crippen LogP contribution in [-0.2, 0) is 17.1 Å². The molecule has 0 radical (unpaired) electrons. The number of rotatable bonds is 10. The molecule has 4 aromatic carbocycles. The fourth-order valence-electron chi connectivity index (χ4n) is 5.67. The fraction of sp³-hybridized carbons (Fsp3) is 0.219. The largest absolute Gasteiger partial charge is 1.00 e. The van der Waals surface area contributed by atoms with E-state index in [1.165, 1.54) is 46.4 Å². The molecule has 4 aromatic rings. The average Bonchev–Trinajstić information content (AvgIpc) is 2.92. The van der Waals surface area contributed by atoms with Gasteiger partial charge in [-0.05, 0) is 16.1 Å². The zero-order valence-corrected chi connectivity index (χ0v) is 24.1. The summed E-state index contributed by atoms with van der Waals surface area (Å²) in [6, 6.07) is 45.6. The Morgan fingerprint density at radius 2 is 0.771 bits per heavy atom. The van der Waals surface area contributed by atoms with Crippen LogP contribution in [-0.4, -0.2) is 16.1 Å². The Hall–Kier alpha value is -2.17. The first-order valence-corrected chi connectivity index (χ1v) is 17.7. The Morgan fingerprint density at radius 3 is 1.03 bits per heavy atom. The van der Waals surface area contributed by atoms with Gasteiger partial charge in [-0.25, -0.2) is 0 Å². The molecule has 4 rings (SSSR count). The molecular formula is C32H37CuSi2. The van der Waals surface area contributed by atoms with Crippen LogP contribution in [0.1, 0.15) is 32.6 Å². The summed E-state index contributed by atoms with van der Waals surface area (Å²) in [4.78, 5) is 0. The molecule has 0 nitrogen and oxygen atoms in total. The second-order valence-corrected chi connectivity index (χ2v) is 18.2. The summed E-state index contributed by atoms with van der Waals surface area (Å²) in [5.41, 5.74) is 0. The van der Waals surface area contributed by atoms with Crippen LogP contribution in [0.25, 0.3) is 0 Å². The van der Waals surface area contributed by atoms with Gasteiger partial charge in [0.05, 0.1) is 0 Å². The van der Waals surface area contributed by atoms with Crippen molar-refractivity contribution in [2.75, 3.05) is 0 Å². The molecule has 0 aliphatic carbocycles. The van der Waals surface area contributed by atoms with Crippen molar-refractivity contribution in [3.63, 3.8) is 0 Å². The average molecular weight is 541 g/mol. The van der Waals surface area contributed by atoms with E-state index >= 15 is 0 Å². The molecule has 0 unspecified atom stereocenters. The number of unbranched alkanes of at least 4 members (excludes halogenated alkanes) is 2. The molecule has 184 valence electrons. The summed E-state index contributed by atoms with van der Waals surface area (Å²) in [5, 5.41) is 7.94. The predicted molar refractivity (Wildman–Crippen MR) is 155 cm³/mol.